The quantitative estimate of drug-likeness (QED) is 0.313. The minimum absolute atomic E-state index is 0.00905. The summed E-state index contributed by atoms with van der Waals surface area (Å²) in [6.45, 7) is 4.56. The van der Waals surface area contributed by atoms with Gasteiger partial charge in [-0.1, -0.05) is 67.1 Å². The molecule has 186 valence electrons. The van der Waals surface area contributed by atoms with Crippen LogP contribution in [0.3, 0.4) is 0 Å². The summed E-state index contributed by atoms with van der Waals surface area (Å²) in [6, 6.07) is 22.3. The molecule has 0 spiro atoms. The number of hydrogen-bond donors (Lipinski definition) is 1. The molecule has 1 amide bonds. The maximum atomic E-state index is 12.7. The minimum atomic E-state index is -0.00905. The van der Waals surface area contributed by atoms with E-state index in [0.717, 1.165) is 47.3 Å². The SMILES string of the molecule is O=C(NCCN1CCCCCC1)c1ccc(Cn2c(SCc3ccccc3)nc3cccnc32)cc1. The van der Waals surface area contributed by atoms with Gasteiger partial charge >= 0.3 is 0 Å². The van der Waals surface area contributed by atoms with Crippen molar-refractivity contribution in [2.75, 3.05) is 26.2 Å². The highest BCUT2D eigenvalue weighted by Gasteiger charge is 2.14. The summed E-state index contributed by atoms with van der Waals surface area (Å²) in [5.74, 6) is 0.839. The Morgan fingerprint density at radius 3 is 2.44 bits per heavy atom. The van der Waals surface area contributed by atoms with Gasteiger partial charge in [-0.15, -0.1) is 0 Å². The highest BCUT2D eigenvalue weighted by Crippen LogP contribution is 2.27. The molecule has 1 saturated heterocycles. The lowest BCUT2D eigenvalue weighted by atomic mass is 10.1. The third kappa shape index (κ3) is 6.33. The summed E-state index contributed by atoms with van der Waals surface area (Å²) < 4.78 is 2.17. The van der Waals surface area contributed by atoms with Crippen molar-refractivity contribution in [3.63, 3.8) is 0 Å². The van der Waals surface area contributed by atoms with Crippen molar-refractivity contribution in [2.45, 2.75) is 43.1 Å². The van der Waals surface area contributed by atoms with Crippen molar-refractivity contribution in [1.82, 2.24) is 24.8 Å². The summed E-state index contributed by atoms with van der Waals surface area (Å²) in [5.41, 5.74) is 4.85. The van der Waals surface area contributed by atoms with Gasteiger partial charge in [0.15, 0.2) is 10.8 Å². The lowest BCUT2D eigenvalue weighted by molar-refractivity contribution is 0.0948. The molecule has 1 fully saturated rings. The molecule has 0 aliphatic carbocycles. The number of pyridine rings is 1. The van der Waals surface area contributed by atoms with Gasteiger partial charge in [-0.3, -0.25) is 9.36 Å². The first-order chi connectivity index (χ1) is 17.8. The lowest BCUT2D eigenvalue weighted by Gasteiger charge is -2.19. The number of hydrogen-bond acceptors (Lipinski definition) is 5. The zero-order valence-corrected chi connectivity index (χ0v) is 21.4. The van der Waals surface area contributed by atoms with Crippen LogP contribution >= 0.6 is 11.8 Å². The van der Waals surface area contributed by atoms with Crippen LogP contribution in [-0.2, 0) is 12.3 Å². The number of likely N-dealkylation sites (tertiary alicyclic amines) is 1. The fourth-order valence-electron chi connectivity index (χ4n) is 4.65. The number of fused-ring (bicyclic) bond motifs is 1. The van der Waals surface area contributed by atoms with Crippen LogP contribution in [0.4, 0.5) is 0 Å². The number of thioether (sulfide) groups is 1. The number of rotatable bonds is 9. The summed E-state index contributed by atoms with van der Waals surface area (Å²) >= 11 is 1.72. The third-order valence-electron chi connectivity index (χ3n) is 6.65. The smallest absolute Gasteiger partial charge is 0.251 e. The first-order valence-corrected chi connectivity index (χ1v) is 13.8. The van der Waals surface area contributed by atoms with E-state index < -0.39 is 0 Å². The molecule has 1 N–H and O–H groups in total. The minimum Gasteiger partial charge on any atom is -0.351 e. The first kappa shape index (κ1) is 24.5. The number of nitrogens with one attached hydrogen (secondary N) is 1. The van der Waals surface area contributed by atoms with Gasteiger partial charge < -0.3 is 10.2 Å². The Balaban J connectivity index is 1.22. The van der Waals surface area contributed by atoms with Gasteiger partial charge in [-0.05, 0) is 61.3 Å². The number of aromatic nitrogens is 3. The van der Waals surface area contributed by atoms with Crippen LogP contribution in [0.1, 0.15) is 47.2 Å². The molecule has 7 heteroatoms. The number of carbonyl (C=O) groups excluding carboxylic acids is 1. The Morgan fingerprint density at radius 1 is 0.889 bits per heavy atom. The molecule has 5 rings (SSSR count). The van der Waals surface area contributed by atoms with Crippen molar-refractivity contribution >= 4 is 28.8 Å². The standard InChI is InChI=1S/C29H33N5OS/c35-28(31-17-20-33-18-6-1-2-7-19-33)25-14-12-23(13-15-25)21-34-27-26(11-8-16-30-27)32-29(34)36-22-24-9-4-3-5-10-24/h3-5,8-16H,1-2,6-7,17-22H2,(H,31,35). The maximum Gasteiger partial charge on any atom is 0.251 e. The predicted molar refractivity (Wildman–Crippen MR) is 146 cm³/mol. The van der Waals surface area contributed by atoms with Gasteiger partial charge in [-0.2, -0.15) is 0 Å². The van der Waals surface area contributed by atoms with Crippen molar-refractivity contribution in [3.05, 3.63) is 89.6 Å². The molecule has 0 radical (unpaired) electrons. The predicted octanol–water partition coefficient (Wildman–Crippen LogP) is 5.38. The molecule has 36 heavy (non-hydrogen) atoms. The second-order valence-electron chi connectivity index (χ2n) is 9.31. The van der Waals surface area contributed by atoms with E-state index in [-0.39, 0.29) is 5.91 Å². The van der Waals surface area contributed by atoms with E-state index in [9.17, 15) is 4.79 Å². The first-order valence-electron chi connectivity index (χ1n) is 12.8. The van der Waals surface area contributed by atoms with Crippen LogP contribution < -0.4 is 5.32 Å². The fraction of sp³-hybridized carbons (Fsp3) is 0.345. The van der Waals surface area contributed by atoms with E-state index >= 15 is 0 Å². The number of nitrogens with zero attached hydrogens (tertiary/aromatic N) is 4. The molecule has 1 aliphatic rings. The van der Waals surface area contributed by atoms with Crippen molar-refractivity contribution in [1.29, 1.82) is 0 Å². The molecule has 0 atom stereocenters. The summed E-state index contributed by atoms with van der Waals surface area (Å²) in [6.07, 6.45) is 7.00. The van der Waals surface area contributed by atoms with Gasteiger partial charge in [0.1, 0.15) is 5.52 Å². The van der Waals surface area contributed by atoms with E-state index in [1.807, 2.05) is 48.7 Å². The molecule has 2 aromatic carbocycles. The zero-order chi connectivity index (χ0) is 24.6. The Morgan fingerprint density at radius 2 is 1.67 bits per heavy atom. The Hall–Kier alpha value is -3.16. The summed E-state index contributed by atoms with van der Waals surface area (Å²) in [4.78, 5) is 24.6. The number of amides is 1. The van der Waals surface area contributed by atoms with Gasteiger partial charge in [0.2, 0.25) is 0 Å². The molecule has 3 heterocycles. The van der Waals surface area contributed by atoms with Crippen LogP contribution in [0.5, 0.6) is 0 Å². The highest BCUT2D eigenvalue weighted by molar-refractivity contribution is 7.98. The third-order valence-corrected chi connectivity index (χ3v) is 7.70. The molecule has 0 bridgehead atoms. The van der Waals surface area contributed by atoms with Gasteiger partial charge in [-0.25, -0.2) is 9.97 Å². The summed E-state index contributed by atoms with van der Waals surface area (Å²) in [7, 11) is 0. The van der Waals surface area contributed by atoms with Crippen molar-refractivity contribution < 1.29 is 4.79 Å². The second-order valence-corrected chi connectivity index (χ2v) is 10.3. The fourth-order valence-corrected chi connectivity index (χ4v) is 5.60. The molecule has 2 aromatic heterocycles. The van der Waals surface area contributed by atoms with Crippen LogP contribution in [0.25, 0.3) is 11.2 Å². The molecular formula is C29H33N5OS. The second kappa shape index (κ2) is 12.2. The molecule has 0 unspecified atom stereocenters. The lowest BCUT2D eigenvalue weighted by Crippen LogP contribution is -2.35. The average Bonchev–Trinajstić information content (AvgIpc) is 3.07. The Labute approximate surface area is 217 Å². The maximum absolute atomic E-state index is 12.7. The average molecular weight is 500 g/mol. The molecule has 1 aliphatic heterocycles. The largest absolute Gasteiger partial charge is 0.351 e. The normalized spacial score (nSPS) is 14.6. The van der Waals surface area contributed by atoms with E-state index in [1.165, 1.54) is 31.2 Å². The van der Waals surface area contributed by atoms with Crippen LogP contribution in [-0.4, -0.2) is 51.5 Å². The van der Waals surface area contributed by atoms with Crippen molar-refractivity contribution in [2.24, 2.45) is 0 Å². The summed E-state index contributed by atoms with van der Waals surface area (Å²) in [5, 5.41) is 4.04. The Bertz CT molecular complexity index is 1260. The van der Waals surface area contributed by atoms with Gasteiger partial charge in [0, 0.05) is 30.6 Å². The number of imidazole rings is 1. The zero-order valence-electron chi connectivity index (χ0n) is 20.6. The van der Waals surface area contributed by atoms with Crippen LogP contribution in [0.2, 0.25) is 0 Å². The van der Waals surface area contributed by atoms with Gasteiger partial charge in [0.25, 0.3) is 5.91 Å². The number of benzene rings is 2. The monoisotopic (exact) mass is 499 g/mol. The molecule has 4 aromatic rings. The van der Waals surface area contributed by atoms with Crippen LogP contribution in [0, 0.1) is 0 Å². The van der Waals surface area contributed by atoms with Gasteiger partial charge in [0.05, 0.1) is 6.54 Å². The van der Waals surface area contributed by atoms with E-state index in [2.05, 4.69) is 44.0 Å². The van der Waals surface area contributed by atoms with E-state index in [0.29, 0.717) is 18.7 Å². The van der Waals surface area contributed by atoms with Crippen LogP contribution in [0.15, 0.2) is 78.1 Å². The number of carbonyl (C=O) groups is 1. The topological polar surface area (TPSA) is 63.1 Å². The molecule has 0 saturated carbocycles. The van der Waals surface area contributed by atoms with Crippen molar-refractivity contribution in [3.8, 4) is 0 Å². The molecular weight excluding hydrogens is 466 g/mol. The molecule has 6 nitrogen and oxygen atoms in total. The Kier molecular flexibility index (Phi) is 8.31. The van der Waals surface area contributed by atoms with E-state index in [1.54, 1.807) is 11.8 Å². The highest BCUT2D eigenvalue weighted by atomic mass is 32.2. The van der Waals surface area contributed by atoms with E-state index in [4.69, 9.17) is 4.98 Å².